The normalized spacial score (nSPS) is 11.6. The van der Waals surface area contributed by atoms with Crippen molar-refractivity contribution in [2.45, 2.75) is 26.4 Å². The minimum atomic E-state index is -0.584. The molecule has 0 aliphatic heterocycles. The summed E-state index contributed by atoms with van der Waals surface area (Å²) in [5, 5.41) is 2.89. The van der Waals surface area contributed by atoms with Crippen molar-refractivity contribution in [3.05, 3.63) is 29.8 Å². The van der Waals surface area contributed by atoms with E-state index in [1.165, 1.54) is 12.1 Å². The summed E-state index contributed by atoms with van der Waals surface area (Å²) in [6.07, 6.45) is 0. The summed E-state index contributed by atoms with van der Waals surface area (Å²) in [6.45, 7) is 6.86. The summed E-state index contributed by atoms with van der Waals surface area (Å²) < 4.78 is 31.1. The highest BCUT2D eigenvalue weighted by Gasteiger charge is 2.08. The van der Waals surface area contributed by atoms with Gasteiger partial charge in [-0.1, -0.05) is 0 Å². The van der Waals surface area contributed by atoms with Crippen LogP contribution in [0.25, 0.3) is 0 Å². The molecule has 1 rings (SSSR count). The lowest BCUT2D eigenvalue weighted by Gasteiger charge is -2.19. The van der Waals surface area contributed by atoms with Gasteiger partial charge >= 0.3 is 0 Å². The van der Waals surface area contributed by atoms with Gasteiger partial charge in [-0.05, 0) is 32.9 Å². The third kappa shape index (κ3) is 5.07. The van der Waals surface area contributed by atoms with Crippen LogP contribution in [0.1, 0.15) is 20.8 Å². The van der Waals surface area contributed by atoms with Crippen LogP contribution in [0.5, 0.6) is 0 Å². The highest BCUT2D eigenvalue weighted by molar-refractivity contribution is 5.43. The first-order chi connectivity index (χ1) is 7.37. The van der Waals surface area contributed by atoms with Crippen molar-refractivity contribution in [2.75, 3.05) is 18.5 Å². The van der Waals surface area contributed by atoms with Gasteiger partial charge in [0.1, 0.15) is 11.6 Å². The SMILES string of the molecule is CC(C)(C)OCCNc1cc(F)cc(F)c1. The van der Waals surface area contributed by atoms with Gasteiger partial charge in [0.15, 0.2) is 0 Å². The van der Waals surface area contributed by atoms with Crippen LogP contribution in [0.15, 0.2) is 18.2 Å². The third-order valence-electron chi connectivity index (χ3n) is 1.83. The summed E-state index contributed by atoms with van der Waals surface area (Å²) in [4.78, 5) is 0. The van der Waals surface area contributed by atoms with Crippen LogP contribution in [0.2, 0.25) is 0 Å². The maximum Gasteiger partial charge on any atom is 0.128 e. The monoisotopic (exact) mass is 229 g/mol. The molecule has 1 N–H and O–H groups in total. The van der Waals surface area contributed by atoms with E-state index in [9.17, 15) is 8.78 Å². The molecule has 1 aromatic rings. The van der Waals surface area contributed by atoms with Crippen LogP contribution in [-0.4, -0.2) is 18.8 Å². The second-order valence-electron chi connectivity index (χ2n) is 4.55. The van der Waals surface area contributed by atoms with E-state index in [0.29, 0.717) is 18.8 Å². The Morgan fingerprint density at radius 2 is 1.69 bits per heavy atom. The van der Waals surface area contributed by atoms with E-state index in [0.717, 1.165) is 6.07 Å². The molecular weight excluding hydrogens is 212 g/mol. The predicted octanol–water partition coefficient (Wildman–Crippen LogP) is 3.19. The molecule has 16 heavy (non-hydrogen) atoms. The number of benzene rings is 1. The van der Waals surface area contributed by atoms with Gasteiger partial charge < -0.3 is 10.1 Å². The molecule has 90 valence electrons. The van der Waals surface area contributed by atoms with Gasteiger partial charge in [-0.25, -0.2) is 8.78 Å². The van der Waals surface area contributed by atoms with E-state index in [4.69, 9.17) is 4.74 Å². The predicted molar refractivity (Wildman–Crippen MR) is 60.6 cm³/mol. The Kier molecular flexibility index (Phi) is 4.24. The molecule has 0 atom stereocenters. The Bertz CT molecular complexity index is 327. The zero-order chi connectivity index (χ0) is 12.2. The van der Waals surface area contributed by atoms with Gasteiger partial charge in [-0.2, -0.15) is 0 Å². The number of nitrogens with one attached hydrogen (secondary N) is 1. The second-order valence-corrected chi connectivity index (χ2v) is 4.55. The maximum absolute atomic E-state index is 12.8. The van der Waals surface area contributed by atoms with E-state index >= 15 is 0 Å². The minimum absolute atomic E-state index is 0.200. The lowest BCUT2D eigenvalue weighted by Crippen LogP contribution is -2.23. The quantitative estimate of drug-likeness (QED) is 0.800. The Hall–Kier alpha value is -1.16. The molecule has 0 unspecified atom stereocenters. The topological polar surface area (TPSA) is 21.3 Å². The third-order valence-corrected chi connectivity index (χ3v) is 1.83. The van der Waals surface area contributed by atoms with E-state index in [1.54, 1.807) is 0 Å². The first-order valence-electron chi connectivity index (χ1n) is 5.21. The molecule has 0 aliphatic carbocycles. The van der Waals surface area contributed by atoms with Crippen molar-refractivity contribution in [1.29, 1.82) is 0 Å². The van der Waals surface area contributed by atoms with Gasteiger partial charge in [-0.15, -0.1) is 0 Å². The lowest BCUT2D eigenvalue weighted by atomic mass is 10.2. The van der Waals surface area contributed by atoms with E-state index < -0.39 is 11.6 Å². The molecule has 0 spiro atoms. The van der Waals surface area contributed by atoms with Crippen LogP contribution >= 0.6 is 0 Å². The van der Waals surface area contributed by atoms with E-state index in [-0.39, 0.29) is 5.60 Å². The molecule has 0 amide bonds. The minimum Gasteiger partial charge on any atom is -0.383 e. The van der Waals surface area contributed by atoms with Crippen LogP contribution in [0.3, 0.4) is 0 Å². The van der Waals surface area contributed by atoms with E-state index in [1.807, 2.05) is 20.8 Å². The fourth-order valence-corrected chi connectivity index (χ4v) is 1.21. The first-order valence-corrected chi connectivity index (χ1v) is 5.21. The average Bonchev–Trinajstić information content (AvgIpc) is 2.09. The van der Waals surface area contributed by atoms with Crippen molar-refractivity contribution in [2.24, 2.45) is 0 Å². The summed E-state index contributed by atoms with van der Waals surface area (Å²) >= 11 is 0. The fourth-order valence-electron chi connectivity index (χ4n) is 1.21. The Balaban J connectivity index is 2.37. The Morgan fingerprint density at radius 1 is 1.12 bits per heavy atom. The van der Waals surface area contributed by atoms with Gasteiger partial charge in [0, 0.05) is 18.3 Å². The van der Waals surface area contributed by atoms with Gasteiger partial charge in [-0.3, -0.25) is 0 Å². The molecule has 0 fully saturated rings. The molecule has 0 saturated carbocycles. The number of halogens is 2. The van der Waals surface area contributed by atoms with Crippen molar-refractivity contribution < 1.29 is 13.5 Å². The van der Waals surface area contributed by atoms with Crippen molar-refractivity contribution in [3.63, 3.8) is 0 Å². The standard InChI is InChI=1S/C12H17F2NO/c1-12(2,3)16-5-4-15-11-7-9(13)6-10(14)8-11/h6-8,15H,4-5H2,1-3H3. The largest absolute Gasteiger partial charge is 0.383 e. The molecule has 1 aromatic carbocycles. The Morgan fingerprint density at radius 3 is 2.19 bits per heavy atom. The highest BCUT2D eigenvalue weighted by atomic mass is 19.1. The number of ether oxygens (including phenoxy) is 1. The summed E-state index contributed by atoms with van der Waals surface area (Å²) in [6, 6.07) is 3.34. The van der Waals surface area contributed by atoms with Gasteiger partial charge in [0.05, 0.1) is 12.2 Å². The van der Waals surface area contributed by atoms with Gasteiger partial charge in [0.25, 0.3) is 0 Å². The smallest absolute Gasteiger partial charge is 0.128 e. The molecule has 0 saturated heterocycles. The number of rotatable bonds is 4. The number of anilines is 1. The van der Waals surface area contributed by atoms with Crippen molar-refractivity contribution in [1.82, 2.24) is 0 Å². The summed E-state index contributed by atoms with van der Waals surface area (Å²) in [5.41, 5.74) is 0.226. The molecule has 0 aromatic heterocycles. The van der Waals surface area contributed by atoms with Gasteiger partial charge in [0.2, 0.25) is 0 Å². The van der Waals surface area contributed by atoms with Crippen LogP contribution < -0.4 is 5.32 Å². The highest BCUT2D eigenvalue weighted by Crippen LogP contribution is 2.12. The van der Waals surface area contributed by atoms with Crippen LogP contribution in [0, 0.1) is 11.6 Å². The maximum atomic E-state index is 12.8. The summed E-state index contributed by atoms with van der Waals surface area (Å²) in [5.74, 6) is -1.17. The molecule has 0 bridgehead atoms. The molecule has 0 aliphatic rings. The lowest BCUT2D eigenvalue weighted by molar-refractivity contribution is 0.00333. The fraction of sp³-hybridized carbons (Fsp3) is 0.500. The van der Waals surface area contributed by atoms with Crippen LogP contribution in [0.4, 0.5) is 14.5 Å². The molecular formula is C12H17F2NO. The Labute approximate surface area is 94.6 Å². The summed E-state index contributed by atoms with van der Waals surface area (Å²) in [7, 11) is 0. The first kappa shape index (κ1) is 12.9. The number of hydrogen-bond donors (Lipinski definition) is 1. The zero-order valence-electron chi connectivity index (χ0n) is 9.81. The molecule has 2 nitrogen and oxygen atoms in total. The molecule has 0 heterocycles. The van der Waals surface area contributed by atoms with Crippen LogP contribution in [-0.2, 0) is 4.74 Å². The number of hydrogen-bond acceptors (Lipinski definition) is 2. The second kappa shape index (κ2) is 5.25. The van der Waals surface area contributed by atoms with E-state index in [2.05, 4.69) is 5.32 Å². The zero-order valence-corrected chi connectivity index (χ0v) is 9.81. The molecule has 0 radical (unpaired) electrons. The average molecular weight is 229 g/mol. The van der Waals surface area contributed by atoms with Crippen molar-refractivity contribution >= 4 is 5.69 Å². The molecule has 4 heteroatoms. The van der Waals surface area contributed by atoms with Crippen molar-refractivity contribution in [3.8, 4) is 0 Å².